The van der Waals surface area contributed by atoms with Crippen molar-refractivity contribution < 1.29 is 13.9 Å². The van der Waals surface area contributed by atoms with Crippen LogP contribution in [-0.2, 0) is 11.4 Å². The van der Waals surface area contributed by atoms with Gasteiger partial charge in [-0.3, -0.25) is 9.36 Å². The van der Waals surface area contributed by atoms with E-state index < -0.39 is 0 Å². The number of aromatic nitrogens is 3. The summed E-state index contributed by atoms with van der Waals surface area (Å²) in [5.74, 6) is 1.38. The van der Waals surface area contributed by atoms with Crippen molar-refractivity contribution in [3.63, 3.8) is 0 Å². The molecule has 0 aliphatic carbocycles. The summed E-state index contributed by atoms with van der Waals surface area (Å²) < 4.78 is 21.5. The minimum atomic E-state index is -0.321. The van der Waals surface area contributed by atoms with E-state index in [1.165, 1.54) is 23.9 Å². The summed E-state index contributed by atoms with van der Waals surface area (Å²) in [5.41, 5.74) is 0.717. The molecule has 33 heavy (non-hydrogen) atoms. The number of thioether (sulfide) groups is 1. The molecule has 1 aliphatic rings. The predicted octanol–water partition coefficient (Wildman–Crippen LogP) is 4.85. The standard InChI is InChI=1S/C25H23FN4O2S/c26-19-10-12-20(13-11-19)30-23(16-32-22-9-5-7-18-6-1-2-8-21(18)22)27-28-25(30)33-17-24(31)29-14-3-4-15-29/h1-2,5-13H,3-4,14-17H2. The number of nitrogens with zero attached hydrogens (tertiary/aromatic N) is 4. The van der Waals surface area contributed by atoms with E-state index in [-0.39, 0.29) is 24.1 Å². The molecule has 6 nitrogen and oxygen atoms in total. The molecular weight excluding hydrogens is 439 g/mol. The van der Waals surface area contributed by atoms with E-state index in [9.17, 15) is 9.18 Å². The molecule has 0 saturated carbocycles. The van der Waals surface area contributed by atoms with Crippen LogP contribution in [0.3, 0.4) is 0 Å². The van der Waals surface area contributed by atoms with Gasteiger partial charge in [0, 0.05) is 24.2 Å². The summed E-state index contributed by atoms with van der Waals surface area (Å²) >= 11 is 1.33. The van der Waals surface area contributed by atoms with Crippen molar-refractivity contribution in [2.75, 3.05) is 18.8 Å². The van der Waals surface area contributed by atoms with Gasteiger partial charge >= 0.3 is 0 Å². The maximum Gasteiger partial charge on any atom is 0.233 e. The van der Waals surface area contributed by atoms with E-state index in [0.29, 0.717) is 16.7 Å². The molecule has 0 atom stereocenters. The molecule has 1 saturated heterocycles. The van der Waals surface area contributed by atoms with Crippen LogP contribution < -0.4 is 4.74 Å². The average Bonchev–Trinajstić information content (AvgIpc) is 3.52. The smallest absolute Gasteiger partial charge is 0.233 e. The van der Waals surface area contributed by atoms with Crippen LogP contribution in [0.2, 0.25) is 0 Å². The zero-order chi connectivity index (χ0) is 22.6. The second-order valence-electron chi connectivity index (χ2n) is 7.85. The molecule has 8 heteroatoms. The molecule has 3 aromatic carbocycles. The normalized spacial score (nSPS) is 13.5. The van der Waals surface area contributed by atoms with Gasteiger partial charge in [0.25, 0.3) is 0 Å². The van der Waals surface area contributed by atoms with Crippen LogP contribution in [0.1, 0.15) is 18.7 Å². The van der Waals surface area contributed by atoms with Crippen LogP contribution in [0.15, 0.2) is 71.9 Å². The summed E-state index contributed by atoms with van der Waals surface area (Å²) in [6, 6.07) is 20.1. The summed E-state index contributed by atoms with van der Waals surface area (Å²) in [6.45, 7) is 1.81. The Morgan fingerprint density at radius 3 is 2.55 bits per heavy atom. The van der Waals surface area contributed by atoms with E-state index in [4.69, 9.17) is 4.74 Å². The fraction of sp³-hybridized carbons (Fsp3) is 0.240. The Morgan fingerprint density at radius 2 is 1.73 bits per heavy atom. The third-order valence-corrected chi connectivity index (χ3v) is 6.59. The average molecular weight is 463 g/mol. The molecule has 5 rings (SSSR count). The van der Waals surface area contributed by atoms with Gasteiger partial charge in [-0.1, -0.05) is 48.2 Å². The van der Waals surface area contributed by atoms with Gasteiger partial charge in [0.2, 0.25) is 5.91 Å². The number of carbonyl (C=O) groups excluding carboxylic acids is 1. The monoisotopic (exact) mass is 462 g/mol. The van der Waals surface area contributed by atoms with Gasteiger partial charge in [0.05, 0.1) is 5.75 Å². The fourth-order valence-electron chi connectivity index (χ4n) is 3.98. The lowest BCUT2D eigenvalue weighted by Gasteiger charge is -2.15. The molecule has 0 radical (unpaired) electrons. The minimum Gasteiger partial charge on any atom is -0.485 e. The summed E-state index contributed by atoms with van der Waals surface area (Å²) in [5, 5.41) is 11.3. The molecule has 1 amide bonds. The number of hydrogen-bond donors (Lipinski definition) is 0. The number of amides is 1. The molecule has 4 aromatic rings. The topological polar surface area (TPSA) is 60.2 Å². The van der Waals surface area contributed by atoms with E-state index in [2.05, 4.69) is 10.2 Å². The first kappa shape index (κ1) is 21.5. The number of likely N-dealkylation sites (tertiary alicyclic amines) is 1. The molecule has 0 spiro atoms. The number of benzene rings is 3. The van der Waals surface area contributed by atoms with Gasteiger partial charge in [0.1, 0.15) is 18.2 Å². The van der Waals surface area contributed by atoms with Gasteiger partial charge in [-0.05, 0) is 48.6 Å². The van der Waals surface area contributed by atoms with Crippen LogP contribution in [0, 0.1) is 5.82 Å². The van der Waals surface area contributed by atoms with Gasteiger partial charge in [-0.15, -0.1) is 10.2 Å². The molecule has 2 heterocycles. The first-order valence-corrected chi connectivity index (χ1v) is 11.9. The lowest BCUT2D eigenvalue weighted by molar-refractivity contribution is -0.127. The van der Waals surface area contributed by atoms with E-state index in [1.807, 2.05) is 51.9 Å². The van der Waals surface area contributed by atoms with Gasteiger partial charge in [-0.2, -0.15) is 0 Å². The van der Waals surface area contributed by atoms with E-state index >= 15 is 0 Å². The molecular formula is C25H23FN4O2S. The highest BCUT2D eigenvalue weighted by atomic mass is 32.2. The Kier molecular flexibility index (Phi) is 6.26. The molecule has 0 unspecified atom stereocenters. The minimum absolute atomic E-state index is 0.0970. The van der Waals surface area contributed by atoms with Crippen molar-refractivity contribution in [1.29, 1.82) is 0 Å². The summed E-state index contributed by atoms with van der Waals surface area (Å²) in [6.07, 6.45) is 2.11. The van der Waals surface area contributed by atoms with Crippen molar-refractivity contribution in [3.8, 4) is 11.4 Å². The van der Waals surface area contributed by atoms with E-state index in [1.54, 1.807) is 12.1 Å². The number of fused-ring (bicyclic) bond motifs is 1. The molecule has 1 aromatic heterocycles. The van der Waals surface area contributed by atoms with Crippen LogP contribution in [-0.4, -0.2) is 44.4 Å². The maximum atomic E-state index is 13.6. The number of ether oxygens (including phenoxy) is 1. The van der Waals surface area contributed by atoms with Crippen molar-refractivity contribution in [1.82, 2.24) is 19.7 Å². The zero-order valence-electron chi connectivity index (χ0n) is 18.0. The highest BCUT2D eigenvalue weighted by molar-refractivity contribution is 7.99. The Balaban J connectivity index is 1.40. The summed E-state index contributed by atoms with van der Waals surface area (Å²) in [7, 11) is 0. The predicted molar refractivity (Wildman–Crippen MR) is 126 cm³/mol. The van der Waals surface area contributed by atoms with Crippen molar-refractivity contribution >= 4 is 28.4 Å². The highest BCUT2D eigenvalue weighted by Crippen LogP contribution is 2.28. The molecule has 168 valence electrons. The number of carbonyl (C=O) groups is 1. The third kappa shape index (κ3) is 4.71. The number of halogens is 1. The quantitative estimate of drug-likeness (QED) is 0.368. The van der Waals surface area contributed by atoms with Crippen molar-refractivity contribution in [3.05, 3.63) is 78.4 Å². The van der Waals surface area contributed by atoms with Crippen molar-refractivity contribution in [2.24, 2.45) is 0 Å². The zero-order valence-corrected chi connectivity index (χ0v) is 18.8. The van der Waals surface area contributed by atoms with Crippen LogP contribution in [0.5, 0.6) is 5.75 Å². The first-order chi connectivity index (χ1) is 16.2. The van der Waals surface area contributed by atoms with Gasteiger partial charge < -0.3 is 9.64 Å². The molecule has 1 fully saturated rings. The van der Waals surface area contributed by atoms with Crippen LogP contribution in [0.4, 0.5) is 4.39 Å². The number of hydrogen-bond acceptors (Lipinski definition) is 5. The molecule has 0 N–H and O–H groups in total. The van der Waals surface area contributed by atoms with Crippen LogP contribution in [0.25, 0.3) is 16.5 Å². The lowest BCUT2D eigenvalue weighted by atomic mass is 10.1. The van der Waals surface area contributed by atoms with E-state index in [0.717, 1.165) is 42.5 Å². The maximum absolute atomic E-state index is 13.6. The molecule has 0 bridgehead atoms. The Labute approximate surface area is 195 Å². The van der Waals surface area contributed by atoms with Gasteiger partial charge in [0.15, 0.2) is 11.0 Å². The van der Waals surface area contributed by atoms with Gasteiger partial charge in [-0.25, -0.2) is 4.39 Å². The third-order valence-electron chi connectivity index (χ3n) is 5.68. The molecule has 1 aliphatic heterocycles. The lowest BCUT2D eigenvalue weighted by Crippen LogP contribution is -2.29. The fourth-order valence-corrected chi connectivity index (χ4v) is 4.86. The second-order valence-corrected chi connectivity index (χ2v) is 8.80. The Bertz CT molecular complexity index is 1260. The second kappa shape index (κ2) is 9.62. The Hall–Kier alpha value is -3.39. The summed E-state index contributed by atoms with van der Waals surface area (Å²) in [4.78, 5) is 14.4. The van der Waals surface area contributed by atoms with Crippen molar-refractivity contribution in [2.45, 2.75) is 24.6 Å². The Morgan fingerprint density at radius 1 is 0.970 bits per heavy atom. The number of rotatable bonds is 7. The van der Waals surface area contributed by atoms with Crippen LogP contribution >= 0.6 is 11.8 Å². The highest BCUT2D eigenvalue weighted by Gasteiger charge is 2.21. The SMILES string of the molecule is O=C(CSc1nnc(COc2cccc3ccccc23)n1-c1ccc(F)cc1)N1CCCC1. The largest absolute Gasteiger partial charge is 0.485 e. The first-order valence-electron chi connectivity index (χ1n) is 10.9.